The molecule has 0 amide bonds. The minimum Gasteiger partial charge on any atom is -0.295 e. The molecule has 3 nitrogen and oxygen atoms in total. The molecule has 1 aliphatic heterocycles. The van der Waals surface area contributed by atoms with Gasteiger partial charge in [0.15, 0.2) is 5.78 Å². The van der Waals surface area contributed by atoms with Crippen molar-refractivity contribution >= 4 is 12.0 Å². The summed E-state index contributed by atoms with van der Waals surface area (Å²) in [6, 6.07) is 10.4. The van der Waals surface area contributed by atoms with E-state index in [1.807, 2.05) is 36.3 Å². The SMILES string of the molecule is CC(=O)C=C(C)N1N=CC[C@H]1c1ccccc1. The molecule has 0 saturated heterocycles. The van der Waals surface area contributed by atoms with Crippen LogP contribution in [0.15, 0.2) is 47.2 Å². The molecule has 2 rings (SSSR count). The maximum Gasteiger partial charge on any atom is 0.154 e. The Morgan fingerprint density at radius 2 is 2.06 bits per heavy atom. The lowest BCUT2D eigenvalue weighted by atomic mass is 10.0. The van der Waals surface area contributed by atoms with Crippen molar-refractivity contribution in [2.45, 2.75) is 26.3 Å². The van der Waals surface area contributed by atoms with Gasteiger partial charge in [-0.15, -0.1) is 0 Å². The van der Waals surface area contributed by atoms with Gasteiger partial charge in [0, 0.05) is 24.4 Å². The van der Waals surface area contributed by atoms with E-state index >= 15 is 0 Å². The summed E-state index contributed by atoms with van der Waals surface area (Å²) in [5, 5.41) is 6.25. The van der Waals surface area contributed by atoms with Crippen LogP contribution in [0.2, 0.25) is 0 Å². The third-order valence-electron chi connectivity index (χ3n) is 2.79. The fourth-order valence-corrected chi connectivity index (χ4v) is 2.06. The second-order valence-electron chi connectivity index (χ2n) is 4.20. The molecule has 0 bridgehead atoms. The van der Waals surface area contributed by atoms with Crippen LogP contribution in [-0.2, 0) is 4.79 Å². The molecule has 0 aromatic heterocycles. The quantitative estimate of drug-likeness (QED) is 0.745. The molecule has 0 radical (unpaired) electrons. The van der Waals surface area contributed by atoms with Crippen molar-refractivity contribution in [1.29, 1.82) is 0 Å². The highest BCUT2D eigenvalue weighted by Gasteiger charge is 2.23. The molecule has 1 aromatic rings. The highest BCUT2D eigenvalue weighted by Crippen LogP contribution is 2.30. The first-order chi connectivity index (χ1) is 8.18. The largest absolute Gasteiger partial charge is 0.295 e. The Bertz CT molecular complexity index is 462. The van der Waals surface area contributed by atoms with Gasteiger partial charge < -0.3 is 0 Å². The first-order valence-corrected chi connectivity index (χ1v) is 5.74. The van der Waals surface area contributed by atoms with E-state index < -0.39 is 0 Å². The summed E-state index contributed by atoms with van der Waals surface area (Å²) in [5.41, 5.74) is 2.11. The number of allylic oxidation sites excluding steroid dienone is 2. The average Bonchev–Trinajstić information content (AvgIpc) is 2.78. The predicted octanol–water partition coefficient (Wildman–Crippen LogP) is 2.91. The van der Waals surface area contributed by atoms with Gasteiger partial charge >= 0.3 is 0 Å². The summed E-state index contributed by atoms with van der Waals surface area (Å²) >= 11 is 0. The normalized spacial score (nSPS) is 19.8. The molecule has 88 valence electrons. The molecule has 0 N–H and O–H groups in total. The maximum atomic E-state index is 11.1. The van der Waals surface area contributed by atoms with Crippen molar-refractivity contribution in [2.24, 2.45) is 5.10 Å². The summed E-state index contributed by atoms with van der Waals surface area (Å²) in [7, 11) is 0. The van der Waals surface area contributed by atoms with Crippen molar-refractivity contribution < 1.29 is 4.79 Å². The Morgan fingerprint density at radius 3 is 2.71 bits per heavy atom. The average molecular weight is 228 g/mol. The third kappa shape index (κ3) is 2.61. The van der Waals surface area contributed by atoms with Crippen LogP contribution < -0.4 is 0 Å². The van der Waals surface area contributed by atoms with Gasteiger partial charge in [-0.3, -0.25) is 9.80 Å². The molecule has 0 aliphatic carbocycles. The van der Waals surface area contributed by atoms with E-state index in [4.69, 9.17) is 0 Å². The second-order valence-corrected chi connectivity index (χ2v) is 4.20. The molecule has 0 fully saturated rings. The zero-order valence-corrected chi connectivity index (χ0v) is 10.1. The number of rotatable bonds is 3. The Labute approximate surface area is 101 Å². The number of hydrogen-bond donors (Lipinski definition) is 0. The fourth-order valence-electron chi connectivity index (χ4n) is 2.06. The van der Waals surface area contributed by atoms with E-state index in [-0.39, 0.29) is 11.8 Å². The van der Waals surface area contributed by atoms with Crippen LogP contribution in [0.25, 0.3) is 0 Å². The van der Waals surface area contributed by atoms with Crippen molar-refractivity contribution in [1.82, 2.24) is 5.01 Å². The first kappa shape index (κ1) is 11.6. The summed E-state index contributed by atoms with van der Waals surface area (Å²) < 4.78 is 0. The van der Waals surface area contributed by atoms with Gasteiger partial charge in [0.05, 0.1) is 6.04 Å². The van der Waals surface area contributed by atoms with Gasteiger partial charge in [0.25, 0.3) is 0 Å². The molecule has 0 unspecified atom stereocenters. The standard InChI is InChI=1S/C14H16N2O/c1-11(10-12(2)17)16-14(8-9-15-16)13-6-4-3-5-7-13/h3-7,9-10,14H,8H2,1-2H3/t14-/m0/s1. The molecule has 0 saturated carbocycles. The maximum absolute atomic E-state index is 11.1. The molecule has 17 heavy (non-hydrogen) atoms. The van der Waals surface area contributed by atoms with Crippen LogP contribution >= 0.6 is 0 Å². The number of ketones is 1. The molecular formula is C14H16N2O. The number of hydrazone groups is 1. The Balaban J connectivity index is 2.23. The van der Waals surface area contributed by atoms with Crippen LogP contribution in [0.5, 0.6) is 0 Å². The van der Waals surface area contributed by atoms with E-state index in [0.29, 0.717) is 0 Å². The topological polar surface area (TPSA) is 32.7 Å². The van der Waals surface area contributed by atoms with Crippen molar-refractivity contribution in [2.75, 3.05) is 0 Å². The van der Waals surface area contributed by atoms with E-state index in [1.165, 1.54) is 5.56 Å². The van der Waals surface area contributed by atoms with Crippen LogP contribution in [0.1, 0.15) is 31.9 Å². The Hall–Kier alpha value is -1.90. The molecule has 0 spiro atoms. The molecule has 1 aromatic carbocycles. The number of carbonyl (C=O) groups excluding carboxylic acids is 1. The number of benzene rings is 1. The third-order valence-corrected chi connectivity index (χ3v) is 2.79. The van der Waals surface area contributed by atoms with Crippen LogP contribution in [0, 0.1) is 0 Å². The molecule has 3 heteroatoms. The van der Waals surface area contributed by atoms with Gasteiger partial charge in [-0.05, 0) is 19.4 Å². The van der Waals surface area contributed by atoms with Gasteiger partial charge in [-0.25, -0.2) is 0 Å². The Morgan fingerprint density at radius 1 is 1.35 bits per heavy atom. The fraction of sp³-hybridized carbons (Fsp3) is 0.286. The minimum absolute atomic E-state index is 0.0522. The molecular weight excluding hydrogens is 212 g/mol. The van der Waals surface area contributed by atoms with Gasteiger partial charge in [0.1, 0.15) is 0 Å². The predicted molar refractivity (Wildman–Crippen MR) is 68.6 cm³/mol. The van der Waals surface area contributed by atoms with E-state index in [1.54, 1.807) is 13.0 Å². The summed E-state index contributed by atoms with van der Waals surface area (Å²) in [6.07, 6.45) is 4.40. The van der Waals surface area contributed by atoms with Crippen LogP contribution in [0.3, 0.4) is 0 Å². The minimum atomic E-state index is 0.0522. The first-order valence-electron chi connectivity index (χ1n) is 5.74. The van der Waals surface area contributed by atoms with Crippen molar-refractivity contribution in [3.05, 3.63) is 47.7 Å². The molecule has 1 heterocycles. The second kappa shape index (κ2) is 4.95. The van der Waals surface area contributed by atoms with Crippen molar-refractivity contribution in [3.63, 3.8) is 0 Å². The van der Waals surface area contributed by atoms with E-state index in [9.17, 15) is 4.79 Å². The number of nitrogens with zero attached hydrogens (tertiary/aromatic N) is 2. The zero-order chi connectivity index (χ0) is 12.3. The highest BCUT2D eigenvalue weighted by molar-refractivity contribution is 5.87. The Kier molecular flexibility index (Phi) is 3.38. The van der Waals surface area contributed by atoms with Crippen LogP contribution in [-0.4, -0.2) is 17.0 Å². The summed E-state index contributed by atoms with van der Waals surface area (Å²) in [4.78, 5) is 11.1. The lowest BCUT2D eigenvalue weighted by molar-refractivity contribution is -0.112. The molecule has 1 aliphatic rings. The molecule has 1 atom stereocenters. The number of carbonyl (C=O) groups is 1. The van der Waals surface area contributed by atoms with Crippen molar-refractivity contribution in [3.8, 4) is 0 Å². The zero-order valence-electron chi connectivity index (χ0n) is 10.1. The van der Waals surface area contributed by atoms with E-state index in [2.05, 4.69) is 17.2 Å². The monoisotopic (exact) mass is 228 g/mol. The van der Waals surface area contributed by atoms with Crippen LogP contribution in [0.4, 0.5) is 0 Å². The lowest BCUT2D eigenvalue weighted by Gasteiger charge is -2.24. The highest BCUT2D eigenvalue weighted by atomic mass is 16.1. The number of hydrogen-bond acceptors (Lipinski definition) is 3. The van der Waals surface area contributed by atoms with Gasteiger partial charge in [-0.2, -0.15) is 5.10 Å². The van der Waals surface area contributed by atoms with E-state index in [0.717, 1.165) is 12.1 Å². The van der Waals surface area contributed by atoms with Gasteiger partial charge in [0.2, 0.25) is 0 Å². The smallest absolute Gasteiger partial charge is 0.154 e. The van der Waals surface area contributed by atoms with Gasteiger partial charge in [-0.1, -0.05) is 30.3 Å². The summed E-state index contributed by atoms with van der Waals surface area (Å²) in [5.74, 6) is 0.0522. The lowest BCUT2D eigenvalue weighted by Crippen LogP contribution is -2.18. The summed E-state index contributed by atoms with van der Waals surface area (Å²) in [6.45, 7) is 3.47.